The molecule has 0 unspecified atom stereocenters. The van der Waals surface area contributed by atoms with Gasteiger partial charge in [-0.2, -0.15) is 0 Å². The molecule has 0 aromatic heterocycles. The normalized spacial score (nSPS) is 16.6. The van der Waals surface area contributed by atoms with Crippen molar-refractivity contribution in [3.8, 4) is 0 Å². The van der Waals surface area contributed by atoms with Crippen molar-refractivity contribution in [1.29, 1.82) is 0 Å². The van der Waals surface area contributed by atoms with Gasteiger partial charge in [0.05, 0.1) is 0 Å². The fourth-order valence-electron chi connectivity index (χ4n) is 4.83. The Kier molecular flexibility index (Phi) is 6.73. The van der Waals surface area contributed by atoms with Crippen LogP contribution in [0.1, 0.15) is 0 Å². The fraction of sp³-hybridized carbons (Fsp3) is 0. The second-order valence-corrected chi connectivity index (χ2v) is 13.0. The molecule has 0 amide bonds. The van der Waals surface area contributed by atoms with E-state index in [9.17, 15) is 0 Å². The van der Waals surface area contributed by atoms with E-state index in [1.54, 1.807) is 0 Å². The van der Waals surface area contributed by atoms with E-state index in [1.165, 1.54) is 43.0 Å². The molecule has 4 aromatic carbocycles. The summed E-state index contributed by atoms with van der Waals surface area (Å²) in [5, 5.41) is 8.37. The van der Waals surface area contributed by atoms with Crippen molar-refractivity contribution in [3.63, 3.8) is 0 Å². The van der Waals surface area contributed by atoms with E-state index in [-0.39, 0.29) is 0 Å². The van der Waals surface area contributed by atoms with E-state index in [2.05, 4.69) is 158 Å². The van der Waals surface area contributed by atoms with Crippen LogP contribution in [0.4, 0.5) is 0 Å². The maximum absolute atomic E-state index is 2.34. The second kappa shape index (κ2) is 10.6. The second-order valence-electron chi connectivity index (χ2n) is 8.66. The molecule has 6 rings (SSSR count). The van der Waals surface area contributed by atoms with Crippen LogP contribution in [0.3, 0.4) is 0 Å². The Morgan fingerprint density at radius 1 is 0.333 bits per heavy atom. The van der Waals surface area contributed by atoms with E-state index in [0.717, 1.165) is 0 Å². The van der Waals surface area contributed by atoms with Gasteiger partial charge in [0, 0.05) is 0 Å². The predicted octanol–water partition coefficient (Wildman–Crippen LogP) is 7.46. The van der Waals surface area contributed by atoms with Gasteiger partial charge in [0.25, 0.3) is 0 Å². The molecule has 0 heterocycles. The van der Waals surface area contributed by atoms with E-state index in [1.807, 2.05) is 0 Å². The topological polar surface area (TPSA) is 0 Å². The van der Waals surface area contributed by atoms with Crippen LogP contribution in [0.15, 0.2) is 180 Å². The van der Waals surface area contributed by atoms with Crippen LogP contribution >= 0.6 is 15.8 Å². The minimum absolute atomic E-state index is 0.667. The van der Waals surface area contributed by atoms with Gasteiger partial charge in [-0.1, -0.05) is 158 Å². The molecule has 0 nitrogen and oxygen atoms in total. The lowest BCUT2D eigenvalue weighted by Crippen LogP contribution is -2.15. The van der Waals surface area contributed by atoms with Gasteiger partial charge in [-0.25, -0.2) is 0 Å². The zero-order valence-electron chi connectivity index (χ0n) is 19.9. The molecule has 0 saturated carbocycles. The van der Waals surface area contributed by atoms with Crippen molar-refractivity contribution in [1.82, 2.24) is 0 Å². The van der Waals surface area contributed by atoms with Gasteiger partial charge in [-0.15, -0.1) is 0 Å². The van der Waals surface area contributed by atoms with Crippen LogP contribution in [0.5, 0.6) is 0 Å². The SMILES string of the molecule is C1=C/C(=C2/C=CC=C2P(c2ccccc2)c2ccccc2)C(P(c2ccccc2)c2ccccc2)=C1. The van der Waals surface area contributed by atoms with Gasteiger partial charge in [-0.05, 0) is 58.8 Å². The zero-order valence-corrected chi connectivity index (χ0v) is 21.7. The van der Waals surface area contributed by atoms with Crippen LogP contribution in [0.2, 0.25) is 0 Å². The summed E-state index contributed by atoms with van der Waals surface area (Å²) in [5.74, 6) is 0. The molecule has 0 radical (unpaired) electrons. The lowest BCUT2D eigenvalue weighted by molar-refractivity contribution is 1.58. The number of benzene rings is 4. The molecule has 172 valence electrons. The molecule has 0 fully saturated rings. The largest absolute Gasteiger partial charge is 0.0622 e. The summed E-state index contributed by atoms with van der Waals surface area (Å²) in [5.41, 5.74) is 2.71. The first kappa shape index (κ1) is 22.9. The summed E-state index contributed by atoms with van der Waals surface area (Å²) in [4.78, 5) is 0. The Balaban J connectivity index is 1.49. The summed E-state index contributed by atoms with van der Waals surface area (Å²) in [6.07, 6.45) is 13.8. The first-order chi connectivity index (χ1) is 17.9. The number of hydrogen-bond acceptors (Lipinski definition) is 0. The van der Waals surface area contributed by atoms with Crippen molar-refractivity contribution < 1.29 is 0 Å². The molecule has 2 heteroatoms. The lowest BCUT2D eigenvalue weighted by atomic mass is 10.1. The van der Waals surface area contributed by atoms with Crippen LogP contribution in [0.25, 0.3) is 0 Å². The summed E-state index contributed by atoms with van der Waals surface area (Å²) in [6.45, 7) is 0. The monoisotopic (exact) mass is 496 g/mol. The third kappa shape index (κ3) is 4.52. The first-order valence-corrected chi connectivity index (χ1v) is 14.9. The number of hydrogen-bond donors (Lipinski definition) is 0. The van der Waals surface area contributed by atoms with E-state index in [4.69, 9.17) is 0 Å². The highest BCUT2D eigenvalue weighted by molar-refractivity contribution is 7.77. The standard InChI is InChI=1S/C34H26P2/c1-5-15-27(16-6-1)35(28-17-7-2-8-18-28)33-25-13-23-31(33)32-24-14-26-34(32)36(29-19-9-3-10-20-29)30-21-11-4-12-22-30/h1-26H/b32-31+. The smallest absolute Gasteiger partial charge is 0.00724 e. The molecule has 0 spiro atoms. The van der Waals surface area contributed by atoms with Crippen LogP contribution < -0.4 is 21.2 Å². The maximum Gasteiger partial charge on any atom is -0.00724 e. The van der Waals surface area contributed by atoms with E-state index in [0.29, 0.717) is 0 Å². The molecule has 0 saturated heterocycles. The highest BCUT2D eigenvalue weighted by atomic mass is 31.1. The molecular formula is C34H26P2. The molecule has 4 aromatic rings. The Morgan fingerprint density at radius 2 is 0.611 bits per heavy atom. The minimum Gasteiger partial charge on any atom is -0.0622 e. The molecule has 0 bridgehead atoms. The molecule has 0 atom stereocenters. The van der Waals surface area contributed by atoms with Crippen molar-refractivity contribution in [2.24, 2.45) is 0 Å². The molecule has 0 aliphatic heterocycles. The minimum atomic E-state index is -0.667. The van der Waals surface area contributed by atoms with Crippen molar-refractivity contribution in [2.75, 3.05) is 0 Å². The lowest BCUT2D eigenvalue weighted by Gasteiger charge is -2.26. The zero-order chi connectivity index (χ0) is 24.2. The molecule has 2 aliphatic carbocycles. The van der Waals surface area contributed by atoms with Gasteiger partial charge in [0.1, 0.15) is 0 Å². The van der Waals surface area contributed by atoms with Crippen molar-refractivity contribution in [2.45, 2.75) is 0 Å². The highest BCUT2D eigenvalue weighted by Gasteiger charge is 2.29. The van der Waals surface area contributed by atoms with Gasteiger partial charge in [0.2, 0.25) is 0 Å². The van der Waals surface area contributed by atoms with Gasteiger partial charge >= 0.3 is 0 Å². The maximum atomic E-state index is 2.34. The Morgan fingerprint density at radius 3 is 0.889 bits per heavy atom. The highest BCUT2D eigenvalue weighted by Crippen LogP contribution is 2.55. The summed E-state index contributed by atoms with van der Waals surface area (Å²) in [7, 11) is -1.33. The van der Waals surface area contributed by atoms with E-state index < -0.39 is 15.8 Å². The van der Waals surface area contributed by atoms with Gasteiger partial charge in [-0.3, -0.25) is 0 Å². The third-order valence-corrected chi connectivity index (χ3v) is 11.4. The third-order valence-electron chi connectivity index (χ3n) is 6.42. The summed E-state index contributed by atoms with van der Waals surface area (Å²) in [6, 6.07) is 44.0. The summed E-state index contributed by atoms with van der Waals surface area (Å²) >= 11 is 0. The van der Waals surface area contributed by atoms with Crippen LogP contribution in [0, 0.1) is 0 Å². The van der Waals surface area contributed by atoms with Gasteiger partial charge in [0.15, 0.2) is 0 Å². The predicted molar refractivity (Wildman–Crippen MR) is 160 cm³/mol. The molecule has 2 aliphatic rings. The van der Waals surface area contributed by atoms with Gasteiger partial charge < -0.3 is 0 Å². The number of allylic oxidation sites excluding steroid dienone is 10. The quantitative estimate of drug-likeness (QED) is 0.243. The number of rotatable bonds is 6. The van der Waals surface area contributed by atoms with Crippen LogP contribution in [-0.4, -0.2) is 0 Å². The Labute approximate surface area is 216 Å². The average Bonchev–Trinajstić information content (AvgIpc) is 3.62. The Bertz CT molecular complexity index is 1300. The molecular weight excluding hydrogens is 470 g/mol. The Hall–Kier alpha value is -3.56. The van der Waals surface area contributed by atoms with Crippen LogP contribution in [-0.2, 0) is 0 Å². The van der Waals surface area contributed by atoms with Crippen molar-refractivity contribution in [3.05, 3.63) is 180 Å². The first-order valence-electron chi connectivity index (χ1n) is 12.2. The molecule has 0 N–H and O–H groups in total. The van der Waals surface area contributed by atoms with Crippen molar-refractivity contribution >= 4 is 37.1 Å². The van der Waals surface area contributed by atoms with E-state index >= 15 is 0 Å². The average molecular weight is 497 g/mol. The summed E-state index contributed by atoms with van der Waals surface area (Å²) < 4.78 is 0. The fourth-order valence-corrected chi connectivity index (χ4v) is 9.76. The molecule has 36 heavy (non-hydrogen) atoms.